The summed E-state index contributed by atoms with van der Waals surface area (Å²) in [5.41, 5.74) is 0.0345. The molecule has 62 valence electrons. The summed E-state index contributed by atoms with van der Waals surface area (Å²) < 4.78 is 5.60. The van der Waals surface area contributed by atoms with E-state index in [2.05, 4.69) is 26.7 Å². The van der Waals surface area contributed by atoms with E-state index in [-0.39, 0.29) is 5.60 Å². The van der Waals surface area contributed by atoms with Gasteiger partial charge in [0, 0.05) is 5.92 Å². The second kappa shape index (κ2) is 2.87. The summed E-state index contributed by atoms with van der Waals surface area (Å²) in [4.78, 5) is 0. The Hall–Kier alpha value is -0.480. The average Bonchev–Trinajstić information content (AvgIpc) is 1.86. The molecule has 0 aromatic rings. The second-order valence-electron chi connectivity index (χ2n) is 4.03. The highest BCUT2D eigenvalue weighted by Crippen LogP contribution is 2.31. The molecule has 11 heavy (non-hydrogen) atoms. The molecule has 0 amide bonds. The van der Waals surface area contributed by atoms with Crippen molar-refractivity contribution in [3.8, 4) is 12.3 Å². The summed E-state index contributed by atoms with van der Waals surface area (Å²) >= 11 is 0. The fourth-order valence-electron chi connectivity index (χ4n) is 1.67. The van der Waals surface area contributed by atoms with Crippen molar-refractivity contribution in [3.63, 3.8) is 0 Å². The summed E-state index contributed by atoms with van der Waals surface area (Å²) in [5, 5.41) is 0. The van der Waals surface area contributed by atoms with E-state index in [1.54, 1.807) is 0 Å². The maximum Gasteiger partial charge on any atom is 0.0630 e. The highest BCUT2D eigenvalue weighted by molar-refractivity contribution is 4.99. The van der Waals surface area contributed by atoms with Crippen molar-refractivity contribution in [1.82, 2.24) is 0 Å². The van der Waals surface area contributed by atoms with Crippen molar-refractivity contribution in [3.05, 3.63) is 0 Å². The predicted molar refractivity (Wildman–Crippen MR) is 46.1 cm³/mol. The van der Waals surface area contributed by atoms with E-state index in [9.17, 15) is 0 Å². The maximum atomic E-state index is 5.60. The van der Waals surface area contributed by atoms with Crippen LogP contribution in [0.1, 0.15) is 27.2 Å². The normalized spacial score (nSPS) is 36.2. The zero-order valence-corrected chi connectivity index (χ0v) is 7.55. The van der Waals surface area contributed by atoms with Crippen molar-refractivity contribution in [2.75, 3.05) is 6.61 Å². The third-order valence-electron chi connectivity index (χ3n) is 2.37. The van der Waals surface area contributed by atoms with E-state index in [4.69, 9.17) is 11.2 Å². The smallest absolute Gasteiger partial charge is 0.0630 e. The van der Waals surface area contributed by atoms with Crippen LogP contribution in [0.2, 0.25) is 0 Å². The van der Waals surface area contributed by atoms with Gasteiger partial charge >= 0.3 is 0 Å². The number of rotatable bonds is 0. The molecular weight excluding hydrogens is 136 g/mol. The predicted octanol–water partition coefficient (Wildman–Crippen LogP) is 2.07. The molecule has 2 atom stereocenters. The summed E-state index contributed by atoms with van der Waals surface area (Å²) in [6.45, 7) is 7.17. The van der Waals surface area contributed by atoms with Crippen LogP contribution in [0.3, 0.4) is 0 Å². The van der Waals surface area contributed by atoms with Gasteiger partial charge in [0.05, 0.1) is 12.2 Å². The lowest BCUT2D eigenvalue weighted by atomic mass is 9.83. The van der Waals surface area contributed by atoms with Gasteiger partial charge in [0.25, 0.3) is 0 Å². The molecule has 1 nitrogen and oxygen atoms in total. The van der Waals surface area contributed by atoms with Crippen molar-refractivity contribution in [2.24, 2.45) is 11.8 Å². The number of hydrogen-bond acceptors (Lipinski definition) is 1. The first kappa shape index (κ1) is 8.62. The minimum Gasteiger partial charge on any atom is -0.374 e. The monoisotopic (exact) mass is 152 g/mol. The van der Waals surface area contributed by atoms with Crippen LogP contribution in [-0.4, -0.2) is 12.2 Å². The minimum atomic E-state index is 0.0345. The Morgan fingerprint density at radius 3 is 2.64 bits per heavy atom. The van der Waals surface area contributed by atoms with Crippen LogP contribution in [0.4, 0.5) is 0 Å². The van der Waals surface area contributed by atoms with Gasteiger partial charge in [-0.1, -0.05) is 6.92 Å². The first-order valence-corrected chi connectivity index (χ1v) is 4.15. The lowest BCUT2D eigenvalue weighted by Crippen LogP contribution is -2.38. The van der Waals surface area contributed by atoms with Gasteiger partial charge in [-0.3, -0.25) is 0 Å². The second-order valence-corrected chi connectivity index (χ2v) is 4.03. The molecule has 0 bridgehead atoms. The lowest BCUT2D eigenvalue weighted by Gasteiger charge is -2.37. The minimum absolute atomic E-state index is 0.0345. The average molecular weight is 152 g/mol. The molecule has 0 aromatic heterocycles. The Labute approximate surface area is 69.1 Å². The van der Waals surface area contributed by atoms with Crippen molar-refractivity contribution in [2.45, 2.75) is 32.8 Å². The number of hydrogen-bond donors (Lipinski definition) is 0. The molecule has 0 aliphatic carbocycles. The van der Waals surface area contributed by atoms with Gasteiger partial charge in [-0.15, -0.1) is 12.3 Å². The highest BCUT2D eigenvalue weighted by atomic mass is 16.5. The van der Waals surface area contributed by atoms with E-state index in [0.29, 0.717) is 11.8 Å². The molecule has 1 rings (SSSR count). The first-order chi connectivity index (χ1) is 5.05. The van der Waals surface area contributed by atoms with Crippen LogP contribution in [0.15, 0.2) is 0 Å². The SMILES string of the molecule is C#C[C@@H]1COC(C)(C)CC1C. The van der Waals surface area contributed by atoms with Gasteiger partial charge in [-0.25, -0.2) is 0 Å². The first-order valence-electron chi connectivity index (χ1n) is 4.15. The van der Waals surface area contributed by atoms with Crippen LogP contribution in [0, 0.1) is 24.2 Å². The van der Waals surface area contributed by atoms with Gasteiger partial charge < -0.3 is 4.74 Å². The Kier molecular flexibility index (Phi) is 2.25. The molecule has 1 aliphatic heterocycles. The molecule has 1 heterocycles. The van der Waals surface area contributed by atoms with Gasteiger partial charge in [0.15, 0.2) is 0 Å². The fraction of sp³-hybridized carbons (Fsp3) is 0.800. The molecule has 1 saturated heterocycles. The van der Waals surface area contributed by atoms with Crippen molar-refractivity contribution >= 4 is 0 Å². The summed E-state index contributed by atoms with van der Waals surface area (Å²) in [7, 11) is 0. The van der Waals surface area contributed by atoms with E-state index in [1.165, 1.54) is 0 Å². The van der Waals surface area contributed by atoms with Crippen LogP contribution in [-0.2, 0) is 4.74 Å². The molecule has 1 heteroatoms. The quantitative estimate of drug-likeness (QED) is 0.483. The Bertz CT molecular complexity index is 176. The molecule has 0 spiro atoms. The van der Waals surface area contributed by atoms with Gasteiger partial charge in [0.2, 0.25) is 0 Å². The molecule has 1 unspecified atom stereocenters. The van der Waals surface area contributed by atoms with E-state index >= 15 is 0 Å². The molecule has 1 aliphatic rings. The Balaban J connectivity index is 2.56. The third kappa shape index (κ3) is 1.97. The zero-order valence-electron chi connectivity index (χ0n) is 7.55. The Morgan fingerprint density at radius 1 is 1.55 bits per heavy atom. The molecule has 0 aromatic carbocycles. The highest BCUT2D eigenvalue weighted by Gasteiger charge is 2.31. The standard InChI is InChI=1S/C10H16O/c1-5-9-7-11-10(3,4)6-8(9)2/h1,8-9H,6-7H2,2-4H3/t8?,9-/m1/s1. The topological polar surface area (TPSA) is 9.23 Å². The molecule has 0 N–H and O–H groups in total. The fourth-order valence-corrected chi connectivity index (χ4v) is 1.67. The van der Waals surface area contributed by atoms with Gasteiger partial charge in [-0.2, -0.15) is 0 Å². The molecule has 0 saturated carbocycles. The van der Waals surface area contributed by atoms with E-state index in [0.717, 1.165) is 13.0 Å². The third-order valence-corrected chi connectivity index (χ3v) is 2.37. The molecule has 1 fully saturated rings. The molecular formula is C10H16O. The summed E-state index contributed by atoms with van der Waals surface area (Å²) in [5.74, 6) is 3.69. The number of terminal acetylenes is 1. The number of ether oxygens (including phenoxy) is 1. The van der Waals surface area contributed by atoms with Gasteiger partial charge in [0.1, 0.15) is 0 Å². The maximum absolute atomic E-state index is 5.60. The summed E-state index contributed by atoms with van der Waals surface area (Å²) in [6.07, 6.45) is 6.42. The van der Waals surface area contributed by atoms with Gasteiger partial charge in [-0.05, 0) is 26.2 Å². The zero-order chi connectivity index (χ0) is 8.48. The van der Waals surface area contributed by atoms with E-state index in [1.807, 2.05) is 0 Å². The summed E-state index contributed by atoms with van der Waals surface area (Å²) in [6, 6.07) is 0. The van der Waals surface area contributed by atoms with Crippen molar-refractivity contribution < 1.29 is 4.74 Å². The van der Waals surface area contributed by atoms with Crippen LogP contribution in [0.25, 0.3) is 0 Å². The van der Waals surface area contributed by atoms with Crippen LogP contribution in [0.5, 0.6) is 0 Å². The lowest BCUT2D eigenvalue weighted by molar-refractivity contribution is -0.0859. The molecule has 0 radical (unpaired) electrons. The van der Waals surface area contributed by atoms with Crippen LogP contribution >= 0.6 is 0 Å². The van der Waals surface area contributed by atoms with E-state index < -0.39 is 0 Å². The van der Waals surface area contributed by atoms with Crippen molar-refractivity contribution in [1.29, 1.82) is 0 Å². The Morgan fingerprint density at radius 2 is 2.18 bits per heavy atom. The largest absolute Gasteiger partial charge is 0.374 e. The van der Waals surface area contributed by atoms with Crippen LogP contribution < -0.4 is 0 Å².